The summed E-state index contributed by atoms with van der Waals surface area (Å²) in [5, 5.41) is 19.5. The molecule has 1 fully saturated rings. The van der Waals surface area contributed by atoms with E-state index in [0.29, 0.717) is 43.2 Å². The predicted molar refractivity (Wildman–Crippen MR) is 65.5 cm³/mol. The monoisotopic (exact) mass is 247 g/mol. The molecule has 1 unspecified atom stereocenters. The maximum atomic E-state index is 10.8. The maximum absolute atomic E-state index is 10.8. The van der Waals surface area contributed by atoms with Gasteiger partial charge in [0.25, 0.3) is 0 Å². The number of carbonyl (C=O) groups is 1. The second kappa shape index (κ2) is 5.89. The van der Waals surface area contributed by atoms with Gasteiger partial charge in [-0.15, -0.1) is 0 Å². The summed E-state index contributed by atoms with van der Waals surface area (Å²) in [4.78, 5) is 10.8. The number of rotatable bonds is 5. The number of thioether (sulfide) groups is 1. The van der Waals surface area contributed by atoms with Crippen molar-refractivity contribution >= 4 is 17.7 Å². The lowest BCUT2D eigenvalue weighted by Crippen LogP contribution is -2.39. The van der Waals surface area contributed by atoms with Crippen LogP contribution in [0, 0.1) is 5.92 Å². The number of carboxylic acids is 1. The summed E-state index contributed by atoms with van der Waals surface area (Å²) < 4.78 is 0. The summed E-state index contributed by atoms with van der Waals surface area (Å²) in [5.74, 6) is -0.334. The topological polar surface area (TPSA) is 83.5 Å². The molecule has 94 valence electrons. The van der Waals surface area contributed by atoms with Gasteiger partial charge in [0.2, 0.25) is 0 Å². The zero-order valence-electron chi connectivity index (χ0n) is 9.69. The Morgan fingerprint density at radius 2 is 2.12 bits per heavy atom. The Morgan fingerprint density at radius 3 is 2.56 bits per heavy atom. The molecular weight excluding hydrogens is 226 g/mol. The van der Waals surface area contributed by atoms with Crippen LogP contribution in [0.3, 0.4) is 0 Å². The van der Waals surface area contributed by atoms with Crippen molar-refractivity contribution in [2.75, 3.05) is 12.3 Å². The van der Waals surface area contributed by atoms with Crippen molar-refractivity contribution in [3.05, 3.63) is 0 Å². The van der Waals surface area contributed by atoms with E-state index in [2.05, 4.69) is 0 Å². The molecule has 4 nitrogen and oxygen atoms in total. The Kier molecular flexibility index (Phi) is 5.08. The first-order valence-electron chi connectivity index (χ1n) is 5.74. The van der Waals surface area contributed by atoms with Gasteiger partial charge in [-0.1, -0.05) is 6.92 Å². The minimum Gasteiger partial charge on any atom is -0.481 e. The van der Waals surface area contributed by atoms with Crippen molar-refractivity contribution in [2.45, 2.75) is 43.5 Å². The lowest BCUT2D eigenvalue weighted by molar-refractivity contribution is -0.144. The van der Waals surface area contributed by atoms with Gasteiger partial charge in [-0.25, -0.2) is 0 Å². The highest BCUT2D eigenvalue weighted by Crippen LogP contribution is 2.35. The molecule has 1 atom stereocenters. The summed E-state index contributed by atoms with van der Waals surface area (Å²) in [6.45, 7) is 2.65. The lowest BCUT2D eigenvalue weighted by Gasteiger charge is -2.35. The molecule has 0 spiro atoms. The third kappa shape index (κ3) is 3.96. The van der Waals surface area contributed by atoms with E-state index in [4.69, 9.17) is 10.8 Å². The van der Waals surface area contributed by atoms with Gasteiger partial charge in [-0.3, -0.25) is 4.79 Å². The third-order valence-corrected chi connectivity index (χ3v) is 4.70. The number of aliphatic hydroxyl groups is 1. The molecule has 0 bridgehead atoms. The fourth-order valence-corrected chi connectivity index (χ4v) is 2.93. The van der Waals surface area contributed by atoms with Gasteiger partial charge in [0, 0.05) is 17.5 Å². The van der Waals surface area contributed by atoms with Crippen molar-refractivity contribution in [1.82, 2.24) is 0 Å². The third-order valence-electron chi connectivity index (χ3n) is 3.23. The Balaban J connectivity index is 2.35. The van der Waals surface area contributed by atoms with Gasteiger partial charge in [0.15, 0.2) is 0 Å². The smallest absolute Gasteiger partial charge is 0.306 e. The van der Waals surface area contributed by atoms with E-state index in [1.165, 1.54) is 0 Å². The van der Waals surface area contributed by atoms with Crippen LogP contribution in [0.1, 0.15) is 32.6 Å². The van der Waals surface area contributed by atoms with Crippen molar-refractivity contribution < 1.29 is 15.0 Å². The van der Waals surface area contributed by atoms with E-state index in [0.717, 1.165) is 0 Å². The van der Waals surface area contributed by atoms with Gasteiger partial charge in [-0.05, 0) is 25.7 Å². The minimum absolute atomic E-state index is 0.266. The van der Waals surface area contributed by atoms with Crippen molar-refractivity contribution in [3.8, 4) is 0 Å². The molecule has 5 heteroatoms. The minimum atomic E-state index is -0.731. The van der Waals surface area contributed by atoms with E-state index in [1.807, 2.05) is 6.92 Å². The van der Waals surface area contributed by atoms with E-state index < -0.39 is 11.6 Å². The molecule has 0 heterocycles. The van der Waals surface area contributed by atoms with Crippen LogP contribution in [0.2, 0.25) is 0 Å². The average Bonchev–Trinajstić information content (AvgIpc) is 2.26. The lowest BCUT2D eigenvalue weighted by atomic mass is 9.80. The number of nitrogens with two attached hydrogens (primary N) is 1. The fraction of sp³-hybridized carbons (Fsp3) is 0.909. The molecule has 16 heavy (non-hydrogen) atoms. The standard InChI is InChI=1S/C11H21NO3S/c1-8(6-12)16-7-11(15)4-2-9(3-5-11)10(13)14/h8-9,15H,2-7,12H2,1H3,(H,13,14). The molecule has 0 radical (unpaired) electrons. The van der Waals surface area contributed by atoms with Crippen molar-refractivity contribution in [2.24, 2.45) is 11.7 Å². The van der Waals surface area contributed by atoms with Gasteiger partial charge in [0.05, 0.1) is 11.5 Å². The van der Waals surface area contributed by atoms with Crippen molar-refractivity contribution in [3.63, 3.8) is 0 Å². The average molecular weight is 247 g/mol. The van der Waals surface area contributed by atoms with Crippen LogP contribution in [-0.4, -0.2) is 39.3 Å². The molecule has 0 aromatic carbocycles. The summed E-state index contributed by atoms with van der Waals surface area (Å²) >= 11 is 1.67. The fourth-order valence-electron chi connectivity index (χ4n) is 1.91. The molecule has 1 rings (SSSR count). The van der Waals surface area contributed by atoms with Crippen LogP contribution in [-0.2, 0) is 4.79 Å². The van der Waals surface area contributed by atoms with Crippen LogP contribution in [0.4, 0.5) is 0 Å². The second-order valence-corrected chi connectivity index (χ2v) is 6.12. The van der Waals surface area contributed by atoms with E-state index in [9.17, 15) is 9.90 Å². The molecule has 1 aliphatic carbocycles. The highest BCUT2D eigenvalue weighted by molar-refractivity contribution is 7.99. The van der Waals surface area contributed by atoms with Crippen LogP contribution >= 0.6 is 11.8 Å². The summed E-state index contributed by atoms with van der Waals surface area (Å²) in [5.41, 5.74) is 4.83. The van der Waals surface area contributed by atoms with Crippen LogP contribution in [0.15, 0.2) is 0 Å². The molecule has 0 amide bonds. The molecule has 0 aromatic rings. The highest BCUT2D eigenvalue weighted by atomic mass is 32.2. The van der Waals surface area contributed by atoms with Gasteiger partial charge < -0.3 is 15.9 Å². The van der Waals surface area contributed by atoms with Gasteiger partial charge >= 0.3 is 5.97 Å². The summed E-state index contributed by atoms with van der Waals surface area (Å²) in [7, 11) is 0. The second-order valence-electron chi connectivity index (χ2n) is 4.69. The van der Waals surface area contributed by atoms with Crippen LogP contribution in [0.25, 0.3) is 0 Å². The number of carboxylic acid groups (broad SMARTS) is 1. The number of hydrogen-bond acceptors (Lipinski definition) is 4. The first-order valence-corrected chi connectivity index (χ1v) is 6.78. The molecule has 1 aliphatic rings. The summed E-state index contributed by atoms with van der Waals surface area (Å²) in [6, 6.07) is 0. The number of aliphatic carboxylic acids is 1. The normalized spacial score (nSPS) is 32.3. The Bertz CT molecular complexity index is 239. The highest BCUT2D eigenvalue weighted by Gasteiger charge is 2.35. The molecule has 0 saturated heterocycles. The Morgan fingerprint density at radius 1 is 1.56 bits per heavy atom. The zero-order chi connectivity index (χ0) is 12.2. The maximum Gasteiger partial charge on any atom is 0.306 e. The first-order chi connectivity index (χ1) is 7.47. The molecule has 4 N–H and O–H groups in total. The zero-order valence-corrected chi connectivity index (χ0v) is 10.5. The summed E-state index contributed by atoms with van der Waals surface area (Å²) in [6.07, 6.45) is 2.36. The predicted octanol–water partition coefficient (Wildman–Crippen LogP) is 1.07. The Hall–Kier alpha value is -0.260. The molecule has 1 saturated carbocycles. The van der Waals surface area contributed by atoms with Crippen LogP contribution < -0.4 is 5.73 Å². The first kappa shape index (κ1) is 13.8. The van der Waals surface area contributed by atoms with E-state index in [-0.39, 0.29) is 5.92 Å². The van der Waals surface area contributed by atoms with Gasteiger partial charge in [0.1, 0.15) is 0 Å². The van der Waals surface area contributed by atoms with Crippen molar-refractivity contribution in [1.29, 1.82) is 0 Å². The molecule has 0 aliphatic heterocycles. The quantitative estimate of drug-likeness (QED) is 0.677. The van der Waals surface area contributed by atoms with Gasteiger partial charge in [-0.2, -0.15) is 11.8 Å². The molecule has 0 aromatic heterocycles. The van der Waals surface area contributed by atoms with Crippen LogP contribution in [0.5, 0.6) is 0 Å². The van der Waals surface area contributed by atoms with E-state index in [1.54, 1.807) is 11.8 Å². The van der Waals surface area contributed by atoms with E-state index >= 15 is 0 Å². The molecular formula is C11H21NO3S. The Labute approximate surface area is 101 Å². The SMILES string of the molecule is CC(CN)SCC1(O)CCC(C(=O)O)CC1. The number of hydrogen-bond donors (Lipinski definition) is 3. The largest absolute Gasteiger partial charge is 0.481 e.